The fourth-order valence-electron chi connectivity index (χ4n) is 1.60. The number of hydrogen-bond donors (Lipinski definition) is 1. The lowest BCUT2D eigenvalue weighted by atomic mass is 10.1. The molecule has 7 heteroatoms. The van der Waals surface area contributed by atoms with Crippen molar-refractivity contribution in [2.45, 2.75) is 26.2 Å². The summed E-state index contributed by atoms with van der Waals surface area (Å²) in [5.41, 5.74) is 0.443. The van der Waals surface area contributed by atoms with E-state index in [1.165, 1.54) is 19.1 Å². The topological polar surface area (TPSA) is 107 Å². The van der Waals surface area contributed by atoms with Crippen LogP contribution >= 0.6 is 0 Å². The van der Waals surface area contributed by atoms with Crippen LogP contribution in [-0.2, 0) is 28.7 Å². The molecule has 1 N–H and O–H groups in total. The standard InChI is InChI=1S/C16H16O7/c1-11(9-14(18)19)16(21)22-8-2-3-15(20)23-13-6-4-12(10-17)5-7-13/h4,6-7,9H,2-3,5,8H2,1H3,(H,18,19)/b11-9-. The SMILES string of the molecule is C/C(=C/C(=O)O)C(=O)OCCCC(=O)OC1=CCC(=C=O)C=C1. The van der Waals surface area contributed by atoms with Crippen molar-refractivity contribution < 1.29 is 33.8 Å². The minimum atomic E-state index is -1.23. The first-order valence-corrected chi connectivity index (χ1v) is 6.83. The third kappa shape index (κ3) is 7.06. The Labute approximate surface area is 132 Å². The molecule has 0 aromatic rings. The van der Waals surface area contributed by atoms with Crippen LogP contribution in [0.15, 0.2) is 41.2 Å². The lowest BCUT2D eigenvalue weighted by Crippen LogP contribution is -2.11. The second-order valence-corrected chi connectivity index (χ2v) is 4.65. The predicted molar refractivity (Wildman–Crippen MR) is 78.7 cm³/mol. The van der Waals surface area contributed by atoms with E-state index < -0.39 is 17.9 Å². The fraction of sp³-hybridized carbons (Fsp3) is 0.312. The average molecular weight is 320 g/mol. The molecule has 0 atom stereocenters. The van der Waals surface area contributed by atoms with Crippen LogP contribution in [-0.4, -0.2) is 35.6 Å². The summed E-state index contributed by atoms with van der Waals surface area (Å²) in [5, 5.41) is 8.49. The van der Waals surface area contributed by atoms with Gasteiger partial charge in [-0.3, -0.25) is 4.79 Å². The summed E-state index contributed by atoms with van der Waals surface area (Å²) in [5.74, 6) is -0.359. The molecule has 0 unspecified atom stereocenters. The van der Waals surface area contributed by atoms with Crippen LogP contribution in [0.2, 0.25) is 0 Å². The molecule has 1 aliphatic carbocycles. The molecule has 1 aliphatic rings. The molecule has 0 heterocycles. The number of rotatable bonds is 7. The zero-order chi connectivity index (χ0) is 17.2. The summed E-state index contributed by atoms with van der Waals surface area (Å²) in [7, 11) is 0. The van der Waals surface area contributed by atoms with Crippen LogP contribution in [0.3, 0.4) is 0 Å². The summed E-state index contributed by atoms with van der Waals surface area (Å²) in [6.45, 7) is 1.31. The third-order valence-corrected chi connectivity index (χ3v) is 2.76. The molecule has 0 aliphatic heterocycles. The summed E-state index contributed by atoms with van der Waals surface area (Å²) in [6, 6.07) is 0. The molecule has 0 radical (unpaired) electrons. The number of allylic oxidation sites excluding steroid dienone is 4. The molecule has 7 nitrogen and oxygen atoms in total. The first kappa shape index (κ1) is 18.1. The third-order valence-electron chi connectivity index (χ3n) is 2.76. The Morgan fingerprint density at radius 2 is 2.09 bits per heavy atom. The van der Waals surface area contributed by atoms with E-state index >= 15 is 0 Å². The van der Waals surface area contributed by atoms with E-state index in [1.807, 2.05) is 0 Å². The van der Waals surface area contributed by atoms with E-state index in [4.69, 9.17) is 14.6 Å². The Morgan fingerprint density at radius 3 is 2.65 bits per heavy atom. The van der Waals surface area contributed by atoms with Gasteiger partial charge in [-0.05, 0) is 31.6 Å². The number of ether oxygens (including phenoxy) is 2. The van der Waals surface area contributed by atoms with Gasteiger partial charge in [0.2, 0.25) is 0 Å². The minimum Gasteiger partial charge on any atom is -0.478 e. The Kier molecular flexibility index (Phi) is 7.23. The molecule has 0 aromatic heterocycles. The van der Waals surface area contributed by atoms with Gasteiger partial charge in [-0.2, -0.15) is 0 Å². The zero-order valence-corrected chi connectivity index (χ0v) is 12.5. The van der Waals surface area contributed by atoms with Crippen LogP contribution in [0, 0.1) is 0 Å². The van der Waals surface area contributed by atoms with Gasteiger partial charge in [0.25, 0.3) is 0 Å². The van der Waals surface area contributed by atoms with E-state index in [0.717, 1.165) is 6.08 Å². The smallest absolute Gasteiger partial charge is 0.333 e. The quantitative estimate of drug-likeness (QED) is 0.328. The number of carbonyl (C=O) groups is 3. The molecule has 23 heavy (non-hydrogen) atoms. The molecule has 0 amide bonds. The molecule has 1 rings (SSSR count). The lowest BCUT2D eigenvalue weighted by molar-refractivity contribution is -0.143. The van der Waals surface area contributed by atoms with Crippen LogP contribution in [0.5, 0.6) is 0 Å². The number of carboxylic acids is 1. The van der Waals surface area contributed by atoms with Crippen molar-refractivity contribution in [1.82, 2.24) is 0 Å². The fourth-order valence-corrected chi connectivity index (χ4v) is 1.60. The van der Waals surface area contributed by atoms with Crippen LogP contribution < -0.4 is 0 Å². The monoisotopic (exact) mass is 320 g/mol. The maximum absolute atomic E-state index is 11.6. The lowest BCUT2D eigenvalue weighted by Gasteiger charge is -2.08. The minimum absolute atomic E-state index is 0.0222. The Bertz CT molecular complexity index is 631. The summed E-state index contributed by atoms with van der Waals surface area (Å²) >= 11 is 0. The maximum Gasteiger partial charge on any atom is 0.333 e. The van der Waals surface area contributed by atoms with Gasteiger partial charge in [-0.25, -0.2) is 14.4 Å². The molecule has 0 saturated carbocycles. The van der Waals surface area contributed by atoms with E-state index in [-0.39, 0.29) is 25.0 Å². The first-order valence-electron chi connectivity index (χ1n) is 6.83. The van der Waals surface area contributed by atoms with Gasteiger partial charge in [-0.15, -0.1) is 0 Å². The highest BCUT2D eigenvalue weighted by Gasteiger charge is 2.11. The van der Waals surface area contributed by atoms with Gasteiger partial charge in [0.15, 0.2) is 0 Å². The van der Waals surface area contributed by atoms with Crippen LogP contribution in [0.1, 0.15) is 26.2 Å². The second-order valence-electron chi connectivity index (χ2n) is 4.65. The van der Waals surface area contributed by atoms with Gasteiger partial charge >= 0.3 is 17.9 Å². The Balaban J connectivity index is 2.26. The van der Waals surface area contributed by atoms with Crippen molar-refractivity contribution in [1.29, 1.82) is 0 Å². The van der Waals surface area contributed by atoms with Crippen molar-refractivity contribution in [3.8, 4) is 0 Å². The maximum atomic E-state index is 11.6. The number of carbonyl (C=O) groups excluding carboxylic acids is 3. The Hall–Kier alpha value is -2.92. The van der Waals surface area contributed by atoms with Gasteiger partial charge in [0.05, 0.1) is 6.61 Å². The molecule has 122 valence electrons. The molecule has 0 saturated heterocycles. The van der Waals surface area contributed by atoms with E-state index in [1.54, 1.807) is 12.0 Å². The molecule has 0 aromatic carbocycles. The number of carboxylic acid groups (broad SMARTS) is 1. The number of esters is 2. The van der Waals surface area contributed by atoms with E-state index in [9.17, 15) is 19.2 Å². The van der Waals surface area contributed by atoms with Gasteiger partial charge < -0.3 is 14.6 Å². The highest BCUT2D eigenvalue weighted by atomic mass is 16.5. The average Bonchev–Trinajstić information content (AvgIpc) is 2.51. The second kappa shape index (κ2) is 9.17. The molecule has 0 fully saturated rings. The summed E-state index contributed by atoms with van der Waals surface area (Å²) < 4.78 is 9.87. The van der Waals surface area contributed by atoms with Gasteiger partial charge in [0.1, 0.15) is 11.7 Å². The number of hydrogen-bond acceptors (Lipinski definition) is 6. The van der Waals surface area contributed by atoms with Gasteiger partial charge in [-0.1, -0.05) is 0 Å². The molecule has 0 bridgehead atoms. The highest BCUT2D eigenvalue weighted by Crippen LogP contribution is 2.15. The largest absolute Gasteiger partial charge is 0.478 e. The Morgan fingerprint density at radius 1 is 1.35 bits per heavy atom. The van der Waals surface area contributed by atoms with Crippen molar-refractivity contribution in [2.75, 3.05) is 6.61 Å². The van der Waals surface area contributed by atoms with Crippen LogP contribution in [0.25, 0.3) is 0 Å². The van der Waals surface area contributed by atoms with Crippen molar-refractivity contribution >= 4 is 23.8 Å². The zero-order valence-electron chi connectivity index (χ0n) is 12.5. The van der Waals surface area contributed by atoms with Crippen molar-refractivity contribution in [3.05, 3.63) is 41.2 Å². The van der Waals surface area contributed by atoms with Gasteiger partial charge in [0, 0.05) is 30.1 Å². The predicted octanol–water partition coefficient (Wildman–Crippen LogP) is 1.49. The first-order chi connectivity index (χ1) is 10.9. The summed E-state index contributed by atoms with van der Waals surface area (Å²) in [6.07, 6.45) is 6.02. The molecule has 0 spiro atoms. The van der Waals surface area contributed by atoms with Crippen LogP contribution in [0.4, 0.5) is 0 Å². The molecular formula is C16H16O7. The summed E-state index contributed by atoms with van der Waals surface area (Å²) in [4.78, 5) is 43.7. The van der Waals surface area contributed by atoms with Crippen molar-refractivity contribution in [3.63, 3.8) is 0 Å². The van der Waals surface area contributed by atoms with E-state index in [0.29, 0.717) is 17.8 Å². The van der Waals surface area contributed by atoms with Crippen molar-refractivity contribution in [2.24, 2.45) is 0 Å². The normalized spacial score (nSPS) is 13.9. The highest BCUT2D eigenvalue weighted by molar-refractivity contribution is 5.95. The number of aliphatic carboxylic acids is 1. The molecular weight excluding hydrogens is 304 g/mol. The van der Waals surface area contributed by atoms with E-state index in [2.05, 4.69) is 0 Å².